The maximum absolute atomic E-state index is 12.6. The zero-order valence-electron chi connectivity index (χ0n) is 14.3. The van der Waals surface area contributed by atoms with Crippen molar-refractivity contribution in [3.05, 3.63) is 42.0 Å². The van der Waals surface area contributed by atoms with Crippen molar-refractivity contribution in [3.63, 3.8) is 0 Å². The molecule has 2 aromatic heterocycles. The van der Waals surface area contributed by atoms with Gasteiger partial charge in [0.25, 0.3) is 0 Å². The maximum atomic E-state index is 12.6. The highest BCUT2D eigenvalue weighted by molar-refractivity contribution is 7.98. The molecule has 2 heterocycles. The number of thioether (sulfide) groups is 1. The smallest absolute Gasteiger partial charge is 0.385 e. The molecule has 0 atom stereocenters. The van der Waals surface area contributed by atoms with Crippen LogP contribution < -0.4 is 0 Å². The van der Waals surface area contributed by atoms with Crippen molar-refractivity contribution in [1.82, 2.24) is 24.9 Å². The van der Waals surface area contributed by atoms with Crippen LogP contribution in [0.4, 0.5) is 13.2 Å². The van der Waals surface area contributed by atoms with E-state index in [9.17, 15) is 13.2 Å². The molecule has 0 unspecified atom stereocenters. The molecule has 0 radical (unpaired) electrons. The molecule has 0 N–H and O–H groups in total. The highest BCUT2D eigenvalue weighted by atomic mass is 32.2. The highest BCUT2D eigenvalue weighted by Gasteiger charge is 2.30. The Labute approximate surface area is 156 Å². The van der Waals surface area contributed by atoms with Crippen molar-refractivity contribution in [2.24, 2.45) is 0 Å². The molecule has 11 heteroatoms. The lowest BCUT2D eigenvalue weighted by atomic mass is 10.1. The molecule has 3 aromatic rings. The largest absolute Gasteiger partial charge is 0.416 e. The Hall–Kier alpha value is -2.40. The monoisotopic (exact) mass is 399 g/mol. The van der Waals surface area contributed by atoms with Gasteiger partial charge in [-0.3, -0.25) is 0 Å². The Morgan fingerprint density at radius 2 is 2.00 bits per heavy atom. The topological polar surface area (TPSA) is 78.9 Å². The van der Waals surface area contributed by atoms with E-state index < -0.39 is 11.7 Å². The number of aryl methyl sites for hydroxylation is 1. The summed E-state index contributed by atoms with van der Waals surface area (Å²) in [7, 11) is 1.64. The second-order valence-corrected chi connectivity index (χ2v) is 6.47. The van der Waals surface area contributed by atoms with Crippen LogP contribution in [0, 0.1) is 0 Å². The number of hydrogen-bond acceptors (Lipinski definition) is 7. The number of methoxy groups -OCH3 is 1. The minimum Gasteiger partial charge on any atom is -0.385 e. The summed E-state index contributed by atoms with van der Waals surface area (Å²) in [5.41, 5.74) is -0.274. The van der Waals surface area contributed by atoms with E-state index in [1.54, 1.807) is 13.4 Å². The van der Waals surface area contributed by atoms with Crippen molar-refractivity contribution in [2.75, 3.05) is 13.7 Å². The predicted molar refractivity (Wildman–Crippen MR) is 90.8 cm³/mol. The minimum absolute atomic E-state index is 0.237. The van der Waals surface area contributed by atoms with E-state index in [1.807, 2.05) is 4.57 Å². The van der Waals surface area contributed by atoms with Gasteiger partial charge >= 0.3 is 6.18 Å². The van der Waals surface area contributed by atoms with E-state index in [1.165, 1.54) is 23.9 Å². The summed E-state index contributed by atoms with van der Waals surface area (Å²) in [6.07, 6.45) is -1.91. The van der Waals surface area contributed by atoms with Crippen LogP contribution in [0.2, 0.25) is 0 Å². The second-order valence-electron chi connectivity index (χ2n) is 5.53. The van der Waals surface area contributed by atoms with Gasteiger partial charge in [-0.15, -0.1) is 10.2 Å². The predicted octanol–water partition coefficient (Wildman–Crippen LogP) is 3.68. The maximum Gasteiger partial charge on any atom is 0.416 e. The third-order valence-corrected chi connectivity index (χ3v) is 4.56. The summed E-state index contributed by atoms with van der Waals surface area (Å²) < 4.78 is 50.0. The number of halogens is 3. The van der Waals surface area contributed by atoms with Crippen LogP contribution in [0.5, 0.6) is 0 Å². The molecule has 0 aliphatic carbocycles. The van der Waals surface area contributed by atoms with Crippen molar-refractivity contribution in [1.29, 1.82) is 0 Å². The number of alkyl halides is 3. The normalized spacial score (nSPS) is 11.9. The van der Waals surface area contributed by atoms with Crippen LogP contribution in [-0.2, 0) is 23.2 Å². The quantitative estimate of drug-likeness (QED) is 0.422. The summed E-state index contributed by atoms with van der Waals surface area (Å²) in [6.45, 7) is 1.37. The van der Waals surface area contributed by atoms with Crippen LogP contribution in [0.1, 0.15) is 17.9 Å². The van der Waals surface area contributed by atoms with Crippen LogP contribution in [0.15, 0.2) is 40.3 Å². The number of aromatic nitrogens is 5. The van der Waals surface area contributed by atoms with Gasteiger partial charge in [-0.2, -0.15) is 18.2 Å². The van der Waals surface area contributed by atoms with Crippen LogP contribution in [0.25, 0.3) is 11.4 Å². The van der Waals surface area contributed by atoms with Gasteiger partial charge in [-0.05, 0) is 18.6 Å². The summed E-state index contributed by atoms with van der Waals surface area (Å²) in [5.74, 6) is 0.957. The first-order chi connectivity index (χ1) is 13.0. The van der Waals surface area contributed by atoms with E-state index >= 15 is 0 Å². The van der Waals surface area contributed by atoms with E-state index in [0.717, 1.165) is 25.1 Å². The van der Waals surface area contributed by atoms with Gasteiger partial charge in [0.1, 0.15) is 6.33 Å². The fraction of sp³-hybridized carbons (Fsp3) is 0.375. The van der Waals surface area contributed by atoms with Gasteiger partial charge in [0, 0.05) is 25.8 Å². The Balaban J connectivity index is 1.61. The van der Waals surface area contributed by atoms with E-state index in [0.29, 0.717) is 29.0 Å². The van der Waals surface area contributed by atoms with Gasteiger partial charge in [-0.1, -0.05) is 29.1 Å². The molecule has 27 heavy (non-hydrogen) atoms. The zero-order chi connectivity index (χ0) is 19.3. The zero-order valence-corrected chi connectivity index (χ0v) is 15.1. The lowest BCUT2D eigenvalue weighted by Gasteiger charge is -2.05. The van der Waals surface area contributed by atoms with E-state index in [-0.39, 0.29) is 5.82 Å². The molecular formula is C16H16F3N5O2S. The number of benzene rings is 1. The number of ether oxygens (including phenoxy) is 1. The number of rotatable bonds is 8. The van der Waals surface area contributed by atoms with Crippen LogP contribution in [-0.4, -0.2) is 38.6 Å². The lowest BCUT2D eigenvalue weighted by molar-refractivity contribution is -0.137. The summed E-state index contributed by atoms with van der Waals surface area (Å²) >= 11 is 1.38. The fourth-order valence-electron chi connectivity index (χ4n) is 2.25. The Morgan fingerprint density at radius 1 is 1.22 bits per heavy atom. The summed E-state index contributed by atoms with van der Waals surface area (Å²) in [5, 5.41) is 12.5. The van der Waals surface area contributed by atoms with Gasteiger partial charge in [0.05, 0.1) is 11.3 Å². The molecule has 0 spiro atoms. The molecule has 0 aliphatic heterocycles. The summed E-state index contributed by atoms with van der Waals surface area (Å²) in [6, 6.07) is 4.61. The molecule has 144 valence electrons. The average molecular weight is 399 g/mol. The molecule has 0 amide bonds. The molecular weight excluding hydrogens is 383 g/mol. The Kier molecular flexibility index (Phi) is 6.11. The van der Waals surface area contributed by atoms with E-state index in [4.69, 9.17) is 9.26 Å². The molecule has 0 fully saturated rings. The Bertz CT molecular complexity index is 864. The SMILES string of the molecule is COCCCn1cnnc1SCc1nc(-c2ccc(C(F)(F)F)cc2)no1. The van der Waals surface area contributed by atoms with Crippen molar-refractivity contribution < 1.29 is 22.4 Å². The first-order valence-corrected chi connectivity index (χ1v) is 8.95. The minimum atomic E-state index is -4.38. The molecule has 0 aliphatic rings. The number of nitrogens with zero attached hydrogens (tertiary/aromatic N) is 5. The first kappa shape index (κ1) is 19.4. The molecule has 3 rings (SSSR count). The lowest BCUT2D eigenvalue weighted by Crippen LogP contribution is -2.04. The molecule has 0 saturated heterocycles. The van der Waals surface area contributed by atoms with Crippen molar-refractivity contribution >= 4 is 11.8 Å². The van der Waals surface area contributed by atoms with Crippen LogP contribution >= 0.6 is 11.8 Å². The van der Waals surface area contributed by atoms with E-state index in [2.05, 4.69) is 20.3 Å². The first-order valence-electron chi connectivity index (χ1n) is 7.97. The van der Waals surface area contributed by atoms with Gasteiger partial charge in [0.15, 0.2) is 5.16 Å². The molecule has 0 saturated carbocycles. The van der Waals surface area contributed by atoms with Gasteiger partial charge < -0.3 is 13.8 Å². The van der Waals surface area contributed by atoms with Gasteiger partial charge in [0.2, 0.25) is 11.7 Å². The second kappa shape index (κ2) is 8.53. The standard InChI is InChI=1S/C16H16F3N5O2S/c1-25-8-2-7-24-10-20-22-15(24)27-9-13-21-14(23-26-13)11-3-5-12(6-4-11)16(17,18)19/h3-6,10H,2,7-9H2,1H3. The molecule has 0 bridgehead atoms. The highest BCUT2D eigenvalue weighted by Crippen LogP contribution is 2.30. The number of hydrogen-bond donors (Lipinski definition) is 0. The van der Waals surface area contributed by atoms with Crippen molar-refractivity contribution in [3.8, 4) is 11.4 Å². The third kappa shape index (κ3) is 5.07. The molecule has 1 aromatic carbocycles. The Morgan fingerprint density at radius 3 is 2.70 bits per heavy atom. The average Bonchev–Trinajstić information content (AvgIpc) is 3.29. The van der Waals surface area contributed by atoms with Gasteiger partial charge in [-0.25, -0.2) is 0 Å². The third-order valence-electron chi connectivity index (χ3n) is 3.59. The fourth-order valence-corrected chi connectivity index (χ4v) is 3.03. The van der Waals surface area contributed by atoms with Crippen molar-refractivity contribution in [2.45, 2.75) is 30.1 Å². The van der Waals surface area contributed by atoms with Crippen LogP contribution in [0.3, 0.4) is 0 Å². The summed E-state index contributed by atoms with van der Waals surface area (Å²) in [4.78, 5) is 4.22. The molecule has 7 nitrogen and oxygen atoms in total.